The molecule has 0 aliphatic heterocycles. The summed E-state index contributed by atoms with van der Waals surface area (Å²) in [4.78, 5) is 8.54. The molecule has 19 heavy (non-hydrogen) atoms. The van der Waals surface area contributed by atoms with Gasteiger partial charge in [0, 0.05) is 18.4 Å². The van der Waals surface area contributed by atoms with Crippen molar-refractivity contribution in [2.45, 2.75) is 52.6 Å². The molecule has 0 radical (unpaired) electrons. The Kier molecular flexibility index (Phi) is 3.81. The third-order valence-corrected chi connectivity index (χ3v) is 4.67. The molecule has 1 saturated carbocycles. The second-order valence-electron chi connectivity index (χ2n) is 6.67. The van der Waals surface area contributed by atoms with Crippen LogP contribution in [-0.4, -0.2) is 27.2 Å². The van der Waals surface area contributed by atoms with Crippen LogP contribution < -0.4 is 5.32 Å². The van der Waals surface area contributed by atoms with Gasteiger partial charge in [0.2, 0.25) is 5.95 Å². The molecule has 1 aromatic rings. The second-order valence-corrected chi connectivity index (χ2v) is 6.67. The lowest BCUT2D eigenvalue weighted by atomic mass is 9.63. The molecule has 0 spiro atoms. The number of aromatic nitrogens is 2. The summed E-state index contributed by atoms with van der Waals surface area (Å²) in [5.41, 5.74) is 0.378. The Morgan fingerprint density at radius 3 is 2.79 bits per heavy atom. The highest BCUT2D eigenvalue weighted by atomic mass is 16.3. The van der Waals surface area contributed by atoms with Crippen LogP contribution in [0.3, 0.4) is 0 Å². The minimum atomic E-state index is -0.592. The quantitative estimate of drug-likeness (QED) is 0.880. The van der Waals surface area contributed by atoms with Gasteiger partial charge in [0.15, 0.2) is 0 Å². The van der Waals surface area contributed by atoms with E-state index in [9.17, 15) is 5.11 Å². The Bertz CT molecular complexity index is 443. The monoisotopic (exact) mass is 263 g/mol. The molecular formula is C15H25N3O. The van der Waals surface area contributed by atoms with Gasteiger partial charge in [-0.1, -0.05) is 13.8 Å². The number of aliphatic hydroxyl groups is 1. The van der Waals surface area contributed by atoms with E-state index in [-0.39, 0.29) is 5.41 Å². The molecule has 106 valence electrons. The molecule has 0 amide bonds. The van der Waals surface area contributed by atoms with Crippen molar-refractivity contribution in [3.8, 4) is 0 Å². The van der Waals surface area contributed by atoms with Crippen LogP contribution in [-0.2, 0) is 0 Å². The first-order chi connectivity index (χ1) is 8.80. The highest BCUT2D eigenvalue weighted by Gasteiger charge is 2.44. The fraction of sp³-hybridized carbons (Fsp3) is 0.733. The zero-order valence-electron chi connectivity index (χ0n) is 12.4. The van der Waals surface area contributed by atoms with Crippen molar-refractivity contribution in [2.24, 2.45) is 11.3 Å². The van der Waals surface area contributed by atoms with Crippen LogP contribution in [0, 0.1) is 18.3 Å². The molecule has 2 N–H and O–H groups in total. The summed E-state index contributed by atoms with van der Waals surface area (Å²) in [5, 5.41) is 13.8. The maximum atomic E-state index is 10.6. The molecular weight excluding hydrogens is 238 g/mol. The summed E-state index contributed by atoms with van der Waals surface area (Å²) < 4.78 is 0. The largest absolute Gasteiger partial charge is 0.390 e. The molecule has 0 saturated heterocycles. The Balaban J connectivity index is 1.92. The van der Waals surface area contributed by atoms with Gasteiger partial charge in [0.05, 0.1) is 5.60 Å². The van der Waals surface area contributed by atoms with E-state index in [1.807, 2.05) is 19.9 Å². The average molecular weight is 263 g/mol. The summed E-state index contributed by atoms with van der Waals surface area (Å²) in [6.45, 7) is 9.05. The number of hydrogen-bond donors (Lipinski definition) is 2. The average Bonchev–Trinajstić information content (AvgIpc) is 2.31. The van der Waals surface area contributed by atoms with E-state index >= 15 is 0 Å². The van der Waals surface area contributed by atoms with Crippen molar-refractivity contribution >= 4 is 5.95 Å². The van der Waals surface area contributed by atoms with E-state index in [1.165, 1.54) is 0 Å². The molecule has 1 heterocycles. The van der Waals surface area contributed by atoms with Gasteiger partial charge in [-0.2, -0.15) is 0 Å². The van der Waals surface area contributed by atoms with Crippen molar-refractivity contribution in [2.75, 3.05) is 11.9 Å². The summed E-state index contributed by atoms with van der Waals surface area (Å²) in [6, 6.07) is 1.89. The molecule has 2 unspecified atom stereocenters. The molecule has 1 aromatic heterocycles. The number of nitrogens with zero attached hydrogens (tertiary/aromatic N) is 2. The fourth-order valence-electron chi connectivity index (χ4n) is 2.72. The molecule has 2 atom stereocenters. The lowest BCUT2D eigenvalue weighted by molar-refractivity contribution is -0.0961. The van der Waals surface area contributed by atoms with Crippen molar-refractivity contribution in [1.29, 1.82) is 0 Å². The number of hydrogen-bond acceptors (Lipinski definition) is 4. The molecule has 0 bridgehead atoms. The summed E-state index contributed by atoms with van der Waals surface area (Å²) in [5.74, 6) is 1.16. The van der Waals surface area contributed by atoms with Gasteiger partial charge in [-0.3, -0.25) is 0 Å². The standard InChI is InChI=1S/C15H25N3O/c1-11-6-8-16-13(18-11)17-10-12-5-7-14(2,3)15(4,19)9-12/h6,8,12,19H,5,7,9-10H2,1-4H3,(H,16,17,18). The number of anilines is 1. The molecule has 4 heteroatoms. The van der Waals surface area contributed by atoms with Gasteiger partial charge < -0.3 is 10.4 Å². The summed E-state index contributed by atoms with van der Waals surface area (Å²) >= 11 is 0. The van der Waals surface area contributed by atoms with Gasteiger partial charge in [0.1, 0.15) is 0 Å². The molecule has 2 rings (SSSR count). The molecule has 0 aromatic carbocycles. The zero-order valence-corrected chi connectivity index (χ0v) is 12.4. The van der Waals surface area contributed by atoms with Crippen molar-refractivity contribution in [3.63, 3.8) is 0 Å². The van der Waals surface area contributed by atoms with Crippen LogP contribution in [0.2, 0.25) is 0 Å². The third-order valence-electron chi connectivity index (χ3n) is 4.67. The van der Waals surface area contributed by atoms with Gasteiger partial charge in [-0.05, 0) is 50.5 Å². The predicted octanol–water partition coefficient (Wildman–Crippen LogP) is 2.77. The first kappa shape index (κ1) is 14.3. The van der Waals surface area contributed by atoms with Crippen LogP contribution in [0.1, 0.15) is 45.7 Å². The minimum Gasteiger partial charge on any atom is -0.390 e. The van der Waals surface area contributed by atoms with Gasteiger partial charge in [-0.25, -0.2) is 9.97 Å². The van der Waals surface area contributed by atoms with Crippen molar-refractivity contribution < 1.29 is 5.11 Å². The lowest BCUT2D eigenvalue weighted by Crippen LogP contribution is -2.48. The van der Waals surface area contributed by atoms with Gasteiger partial charge >= 0.3 is 0 Å². The SMILES string of the molecule is Cc1ccnc(NCC2CCC(C)(C)C(C)(O)C2)n1. The Morgan fingerprint density at radius 1 is 1.42 bits per heavy atom. The molecule has 1 aliphatic rings. The highest BCUT2D eigenvalue weighted by molar-refractivity contribution is 5.24. The summed E-state index contributed by atoms with van der Waals surface area (Å²) in [6.07, 6.45) is 4.80. The molecule has 1 fully saturated rings. The maximum absolute atomic E-state index is 10.6. The molecule has 1 aliphatic carbocycles. The Labute approximate surface area is 115 Å². The zero-order chi connectivity index (χ0) is 14.1. The van der Waals surface area contributed by atoms with Crippen molar-refractivity contribution in [3.05, 3.63) is 18.0 Å². The second kappa shape index (κ2) is 5.08. The van der Waals surface area contributed by atoms with E-state index in [4.69, 9.17) is 0 Å². The summed E-state index contributed by atoms with van der Waals surface area (Å²) in [7, 11) is 0. The first-order valence-electron chi connectivity index (χ1n) is 7.06. The molecule has 4 nitrogen and oxygen atoms in total. The smallest absolute Gasteiger partial charge is 0.222 e. The minimum absolute atomic E-state index is 0.00331. The van der Waals surface area contributed by atoms with Gasteiger partial charge in [-0.15, -0.1) is 0 Å². The van der Waals surface area contributed by atoms with Crippen LogP contribution in [0.5, 0.6) is 0 Å². The van der Waals surface area contributed by atoms with Gasteiger partial charge in [0.25, 0.3) is 0 Å². The van der Waals surface area contributed by atoms with E-state index in [1.54, 1.807) is 6.20 Å². The normalized spacial score (nSPS) is 30.1. The Hall–Kier alpha value is -1.16. The third kappa shape index (κ3) is 3.24. The number of aryl methyl sites for hydroxylation is 1. The van der Waals surface area contributed by atoms with Crippen LogP contribution in [0.4, 0.5) is 5.95 Å². The lowest BCUT2D eigenvalue weighted by Gasteiger charge is -2.47. The maximum Gasteiger partial charge on any atom is 0.222 e. The van der Waals surface area contributed by atoms with E-state index in [0.29, 0.717) is 11.9 Å². The van der Waals surface area contributed by atoms with Crippen LogP contribution >= 0.6 is 0 Å². The highest BCUT2D eigenvalue weighted by Crippen LogP contribution is 2.45. The number of nitrogens with one attached hydrogen (secondary N) is 1. The van der Waals surface area contributed by atoms with E-state index in [2.05, 4.69) is 29.1 Å². The van der Waals surface area contributed by atoms with Crippen LogP contribution in [0.25, 0.3) is 0 Å². The van der Waals surface area contributed by atoms with E-state index in [0.717, 1.165) is 31.5 Å². The predicted molar refractivity (Wildman–Crippen MR) is 77.0 cm³/mol. The topological polar surface area (TPSA) is 58.0 Å². The fourth-order valence-corrected chi connectivity index (χ4v) is 2.72. The first-order valence-corrected chi connectivity index (χ1v) is 7.06. The Morgan fingerprint density at radius 2 is 2.16 bits per heavy atom. The van der Waals surface area contributed by atoms with Crippen LogP contribution in [0.15, 0.2) is 12.3 Å². The van der Waals surface area contributed by atoms with E-state index < -0.39 is 5.60 Å². The number of rotatable bonds is 3. The van der Waals surface area contributed by atoms with Crippen molar-refractivity contribution in [1.82, 2.24) is 9.97 Å².